The van der Waals surface area contributed by atoms with E-state index in [1.54, 1.807) is 0 Å². The van der Waals surface area contributed by atoms with Crippen molar-refractivity contribution in [1.29, 1.82) is 0 Å². The molecule has 1 amide bonds. The molecule has 0 atom stereocenters. The molecule has 0 unspecified atom stereocenters. The number of hydrogen-bond acceptors (Lipinski definition) is 5. The zero-order valence-electron chi connectivity index (χ0n) is 13.6. The Kier molecular flexibility index (Phi) is 4.81. The second-order valence-corrected chi connectivity index (χ2v) is 7.74. The summed E-state index contributed by atoms with van der Waals surface area (Å²) >= 11 is 4.81. The quantitative estimate of drug-likeness (QED) is 0.673. The van der Waals surface area contributed by atoms with Crippen molar-refractivity contribution in [2.75, 3.05) is 11.9 Å². The third-order valence-corrected chi connectivity index (χ3v) is 5.19. The molecule has 7 heteroatoms. The van der Waals surface area contributed by atoms with E-state index in [-0.39, 0.29) is 12.5 Å². The average molecular weight is 428 g/mol. The molecule has 1 aliphatic heterocycles. The van der Waals surface area contributed by atoms with Gasteiger partial charge in [0.15, 0.2) is 0 Å². The lowest BCUT2D eigenvalue weighted by molar-refractivity contribution is -0.113. The number of nitrogens with zero attached hydrogens (tertiary/aromatic N) is 2. The Bertz CT molecular complexity index is 985. The Balaban J connectivity index is 1.45. The highest BCUT2D eigenvalue weighted by Crippen LogP contribution is 2.29. The molecule has 1 aliphatic rings. The highest BCUT2D eigenvalue weighted by molar-refractivity contribution is 9.10. The van der Waals surface area contributed by atoms with Crippen molar-refractivity contribution in [3.63, 3.8) is 0 Å². The van der Waals surface area contributed by atoms with Crippen LogP contribution in [0.3, 0.4) is 0 Å². The van der Waals surface area contributed by atoms with E-state index in [1.807, 2.05) is 54.6 Å². The number of ether oxygens (including phenoxy) is 1. The molecule has 2 heterocycles. The second kappa shape index (κ2) is 7.39. The minimum Gasteiger partial charge on any atom is -0.488 e. The smallest absolute Gasteiger partial charge is 0.256 e. The van der Waals surface area contributed by atoms with Crippen LogP contribution in [0.15, 0.2) is 58.6 Å². The van der Waals surface area contributed by atoms with E-state index in [0.717, 1.165) is 26.4 Å². The maximum Gasteiger partial charge on any atom is 0.256 e. The van der Waals surface area contributed by atoms with Gasteiger partial charge < -0.3 is 4.74 Å². The zero-order valence-corrected chi connectivity index (χ0v) is 16.0. The Morgan fingerprint density at radius 1 is 1.19 bits per heavy atom. The summed E-state index contributed by atoms with van der Waals surface area (Å²) in [5.41, 5.74) is 2.58. The van der Waals surface area contributed by atoms with E-state index in [2.05, 4.69) is 31.4 Å². The molecule has 1 N–H and O–H groups in total. The van der Waals surface area contributed by atoms with Crippen LogP contribution in [-0.2, 0) is 11.2 Å². The predicted octanol–water partition coefficient (Wildman–Crippen LogP) is 4.31. The first-order chi connectivity index (χ1) is 12.7. The van der Waals surface area contributed by atoms with Gasteiger partial charge in [-0.15, -0.1) is 10.2 Å². The minimum absolute atomic E-state index is 0.224. The first kappa shape index (κ1) is 16.9. The molecule has 0 aliphatic carbocycles. The number of halogens is 1. The van der Waals surface area contributed by atoms with E-state index >= 15 is 0 Å². The number of benzene rings is 2. The molecule has 0 bridgehead atoms. The third kappa shape index (κ3) is 3.84. The highest BCUT2D eigenvalue weighted by Gasteiger charge is 2.19. The standard InChI is InChI=1S/C19H14BrN3O2S/c20-15-6-7-16-13(10-15)9-14(11-25-16)18(24)21-19-23-22-17(26-19)8-12-4-2-1-3-5-12/h1-7,9-10H,8,11H2,(H,21,23,24). The molecule has 0 radical (unpaired) electrons. The summed E-state index contributed by atoms with van der Waals surface area (Å²) in [5, 5.41) is 12.4. The molecule has 0 saturated heterocycles. The van der Waals surface area contributed by atoms with Crippen LogP contribution in [0.4, 0.5) is 5.13 Å². The lowest BCUT2D eigenvalue weighted by Crippen LogP contribution is -2.21. The van der Waals surface area contributed by atoms with Crippen LogP contribution in [-0.4, -0.2) is 22.7 Å². The van der Waals surface area contributed by atoms with Gasteiger partial charge >= 0.3 is 0 Å². The summed E-state index contributed by atoms with van der Waals surface area (Å²) in [6.07, 6.45) is 2.53. The molecular weight excluding hydrogens is 414 g/mol. The molecule has 0 saturated carbocycles. The Labute approximate surface area is 162 Å². The predicted molar refractivity (Wildman–Crippen MR) is 105 cm³/mol. The summed E-state index contributed by atoms with van der Waals surface area (Å²) in [6.45, 7) is 0.232. The third-order valence-electron chi connectivity index (χ3n) is 3.86. The molecule has 0 fully saturated rings. The lowest BCUT2D eigenvalue weighted by atomic mass is 10.1. The van der Waals surface area contributed by atoms with Crippen LogP contribution in [0.2, 0.25) is 0 Å². The van der Waals surface area contributed by atoms with Gasteiger partial charge in [-0.25, -0.2) is 0 Å². The van der Waals surface area contributed by atoms with E-state index in [9.17, 15) is 4.79 Å². The van der Waals surface area contributed by atoms with Gasteiger partial charge in [-0.3, -0.25) is 10.1 Å². The molecule has 26 heavy (non-hydrogen) atoms. The van der Waals surface area contributed by atoms with Gasteiger partial charge in [0.2, 0.25) is 5.13 Å². The largest absolute Gasteiger partial charge is 0.488 e. The van der Waals surface area contributed by atoms with E-state index in [0.29, 0.717) is 17.1 Å². The van der Waals surface area contributed by atoms with Gasteiger partial charge in [-0.2, -0.15) is 0 Å². The van der Waals surface area contributed by atoms with Crippen molar-refractivity contribution in [2.24, 2.45) is 0 Å². The highest BCUT2D eigenvalue weighted by atomic mass is 79.9. The average Bonchev–Trinajstić information content (AvgIpc) is 3.08. The van der Waals surface area contributed by atoms with Gasteiger partial charge in [0, 0.05) is 16.5 Å². The molecule has 1 aromatic heterocycles. The van der Waals surface area contributed by atoms with Gasteiger partial charge in [-0.05, 0) is 29.8 Å². The number of aromatic nitrogens is 2. The van der Waals surface area contributed by atoms with Crippen molar-refractivity contribution < 1.29 is 9.53 Å². The molecule has 4 rings (SSSR count). The number of rotatable bonds is 4. The van der Waals surface area contributed by atoms with Crippen molar-refractivity contribution in [1.82, 2.24) is 10.2 Å². The fourth-order valence-electron chi connectivity index (χ4n) is 2.60. The Hall–Kier alpha value is -2.51. The number of hydrogen-bond donors (Lipinski definition) is 1. The van der Waals surface area contributed by atoms with E-state index in [1.165, 1.54) is 11.3 Å². The maximum atomic E-state index is 12.5. The van der Waals surface area contributed by atoms with Crippen molar-refractivity contribution in [2.45, 2.75) is 6.42 Å². The Morgan fingerprint density at radius 3 is 2.88 bits per heavy atom. The maximum absolute atomic E-state index is 12.5. The molecule has 0 spiro atoms. The number of amides is 1. The fraction of sp³-hybridized carbons (Fsp3) is 0.105. The van der Waals surface area contributed by atoms with Crippen LogP contribution in [0, 0.1) is 0 Å². The minimum atomic E-state index is -0.224. The van der Waals surface area contributed by atoms with Crippen molar-refractivity contribution >= 4 is 44.4 Å². The zero-order chi connectivity index (χ0) is 17.9. The van der Waals surface area contributed by atoms with Crippen LogP contribution < -0.4 is 10.1 Å². The molecule has 2 aromatic carbocycles. The van der Waals surface area contributed by atoms with E-state index < -0.39 is 0 Å². The van der Waals surface area contributed by atoms with Crippen LogP contribution >= 0.6 is 27.3 Å². The SMILES string of the molecule is O=C(Nc1nnc(Cc2ccccc2)s1)C1=Cc2cc(Br)ccc2OC1. The first-order valence-electron chi connectivity index (χ1n) is 7.98. The molecule has 3 aromatic rings. The van der Waals surface area contributed by atoms with Crippen LogP contribution in [0.1, 0.15) is 16.1 Å². The fourth-order valence-corrected chi connectivity index (χ4v) is 3.75. The molecular formula is C19H14BrN3O2S. The summed E-state index contributed by atoms with van der Waals surface area (Å²) in [7, 11) is 0. The monoisotopic (exact) mass is 427 g/mol. The van der Waals surface area contributed by atoms with Crippen LogP contribution in [0.5, 0.6) is 5.75 Å². The second-order valence-electron chi connectivity index (χ2n) is 5.76. The summed E-state index contributed by atoms with van der Waals surface area (Å²) in [6, 6.07) is 15.8. The first-order valence-corrected chi connectivity index (χ1v) is 9.59. The molecule has 5 nitrogen and oxygen atoms in total. The van der Waals surface area contributed by atoms with Crippen molar-refractivity contribution in [3.05, 3.63) is 74.7 Å². The van der Waals surface area contributed by atoms with Gasteiger partial charge in [-0.1, -0.05) is 57.6 Å². The normalized spacial score (nSPS) is 12.7. The molecule has 130 valence electrons. The van der Waals surface area contributed by atoms with E-state index in [4.69, 9.17) is 4.74 Å². The van der Waals surface area contributed by atoms with Crippen LogP contribution in [0.25, 0.3) is 6.08 Å². The number of fused-ring (bicyclic) bond motifs is 1. The number of anilines is 1. The van der Waals surface area contributed by atoms with Gasteiger partial charge in [0.1, 0.15) is 17.4 Å². The summed E-state index contributed by atoms with van der Waals surface area (Å²) < 4.78 is 6.59. The summed E-state index contributed by atoms with van der Waals surface area (Å²) in [4.78, 5) is 12.5. The van der Waals surface area contributed by atoms with Gasteiger partial charge in [0.25, 0.3) is 5.91 Å². The lowest BCUT2D eigenvalue weighted by Gasteiger charge is -2.17. The number of carbonyl (C=O) groups is 1. The van der Waals surface area contributed by atoms with Gasteiger partial charge in [0.05, 0.1) is 5.57 Å². The summed E-state index contributed by atoms with van der Waals surface area (Å²) in [5.74, 6) is 0.545. The Morgan fingerprint density at radius 2 is 2.04 bits per heavy atom. The number of carbonyl (C=O) groups excluding carboxylic acids is 1. The number of nitrogens with one attached hydrogen (secondary N) is 1. The topological polar surface area (TPSA) is 64.1 Å². The van der Waals surface area contributed by atoms with Crippen molar-refractivity contribution in [3.8, 4) is 5.75 Å².